The van der Waals surface area contributed by atoms with Crippen LogP contribution in [-0.2, 0) is 16.0 Å². The van der Waals surface area contributed by atoms with Gasteiger partial charge in [-0.25, -0.2) is 4.79 Å². The van der Waals surface area contributed by atoms with Crippen molar-refractivity contribution in [3.05, 3.63) is 58.7 Å². The molecule has 6 heteroatoms. The maximum atomic E-state index is 11.3. The van der Waals surface area contributed by atoms with Gasteiger partial charge in [0.15, 0.2) is 5.60 Å². The van der Waals surface area contributed by atoms with Crippen LogP contribution in [0.25, 0.3) is 0 Å². The van der Waals surface area contributed by atoms with E-state index in [1.54, 1.807) is 39.8 Å². The number of benzene rings is 2. The highest BCUT2D eigenvalue weighted by molar-refractivity contribution is 7.98. The standard InChI is InChI=1S/C22H27NO3S.C2H6O/c1-14-12-16(13-15(2)20(14)26-22(3,4)21(24)25)6-11-19(23)17-7-9-18(27-5)10-8-17;1-3-2/h7-10,12-13,23H,6,11H2,1-5H3,(H,24,25);1-2H3. The largest absolute Gasteiger partial charge is 0.478 e. The van der Waals surface area contributed by atoms with E-state index in [0.29, 0.717) is 17.9 Å². The number of ether oxygens (including phenoxy) is 2. The second kappa shape index (κ2) is 11.8. The molecular formula is C24H33NO4S. The highest BCUT2D eigenvalue weighted by atomic mass is 32.2. The zero-order valence-corrected chi connectivity index (χ0v) is 19.8. The summed E-state index contributed by atoms with van der Waals surface area (Å²) in [6.07, 6.45) is 3.45. The van der Waals surface area contributed by atoms with Crippen molar-refractivity contribution in [1.82, 2.24) is 0 Å². The maximum absolute atomic E-state index is 11.3. The van der Waals surface area contributed by atoms with Crippen LogP contribution in [0.4, 0.5) is 0 Å². The first-order valence-corrected chi connectivity index (χ1v) is 10.9. The van der Waals surface area contributed by atoms with E-state index in [0.717, 1.165) is 28.7 Å². The Morgan fingerprint density at radius 3 is 2.03 bits per heavy atom. The summed E-state index contributed by atoms with van der Waals surface area (Å²) >= 11 is 1.69. The number of carboxylic acid groups (broad SMARTS) is 1. The third kappa shape index (κ3) is 7.50. The number of rotatable bonds is 8. The molecule has 0 unspecified atom stereocenters. The quantitative estimate of drug-likeness (QED) is 0.424. The fourth-order valence-electron chi connectivity index (χ4n) is 2.85. The summed E-state index contributed by atoms with van der Waals surface area (Å²) in [6.45, 7) is 6.95. The smallest absolute Gasteiger partial charge is 0.347 e. The molecule has 2 aromatic rings. The van der Waals surface area contributed by atoms with E-state index < -0.39 is 11.6 Å². The van der Waals surface area contributed by atoms with Crippen LogP contribution >= 0.6 is 11.8 Å². The van der Waals surface area contributed by atoms with Gasteiger partial charge in [0.05, 0.1) is 0 Å². The molecule has 0 saturated carbocycles. The van der Waals surface area contributed by atoms with E-state index in [4.69, 9.17) is 10.1 Å². The van der Waals surface area contributed by atoms with Gasteiger partial charge in [-0.05, 0) is 81.2 Å². The first-order valence-electron chi connectivity index (χ1n) is 9.70. The number of thioether (sulfide) groups is 1. The van der Waals surface area contributed by atoms with E-state index in [1.165, 1.54) is 4.90 Å². The second-order valence-corrected chi connectivity index (χ2v) is 8.47. The Kier molecular flexibility index (Phi) is 10.1. The lowest BCUT2D eigenvalue weighted by Gasteiger charge is -2.24. The summed E-state index contributed by atoms with van der Waals surface area (Å²) in [4.78, 5) is 12.5. The predicted octanol–water partition coefficient (Wildman–Crippen LogP) is 5.53. The predicted molar refractivity (Wildman–Crippen MR) is 125 cm³/mol. The Morgan fingerprint density at radius 2 is 1.60 bits per heavy atom. The molecule has 2 N–H and O–H groups in total. The van der Waals surface area contributed by atoms with Crippen molar-refractivity contribution in [2.75, 3.05) is 20.5 Å². The molecule has 5 nitrogen and oxygen atoms in total. The molecule has 2 aromatic carbocycles. The zero-order chi connectivity index (χ0) is 22.9. The monoisotopic (exact) mass is 431 g/mol. The van der Waals surface area contributed by atoms with Crippen LogP contribution in [0, 0.1) is 19.3 Å². The van der Waals surface area contributed by atoms with Crippen molar-refractivity contribution < 1.29 is 19.4 Å². The number of carbonyl (C=O) groups is 1. The molecule has 0 aliphatic heterocycles. The van der Waals surface area contributed by atoms with Gasteiger partial charge in [0.1, 0.15) is 5.75 Å². The van der Waals surface area contributed by atoms with Crippen molar-refractivity contribution in [3.63, 3.8) is 0 Å². The number of aliphatic carboxylic acids is 1. The lowest BCUT2D eigenvalue weighted by Crippen LogP contribution is -2.38. The minimum absolute atomic E-state index is 0.616. The van der Waals surface area contributed by atoms with Crippen LogP contribution in [0.3, 0.4) is 0 Å². The molecule has 0 aliphatic carbocycles. The van der Waals surface area contributed by atoms with Crippen molar-refractivity contribution in [1.29, 1.82) is 5.41 Å². The highest BCUT2D eigenvalue weighted by Gasteiger charge is 2.30. The van der Waals surface area contributed by atoms with E-state index in [9.17, 15) is 9.90 Å². The molecule has 164 valence electrons. The van der Waals surface area contributed by atoms with Gasteiger partial charge >= 0.3 is 5.97 Å². The summed E-state index contributed by atoms with van der Waals surface area (Å²) in [6, 6.07) is 12.1. The van der Waals surface area contributed by atoms with Gasteiger partial charge in [0, 0.05) is 24.8 Å². The molecule has 0 spiro atoms. The van der Waals surface area contributed by atoms with E-state index >= 15 is 0 Å². The van der Waals surface area contributed by atoms with Crippen molar-refractivity contribution in [2.45, 2.75) is 51.0 Å². The fraction of sp³-hybridized carbons (Fsp3) is 0.417. The first-order chi connectivity index (χ1) is 14.0. The van der Waals surface area contributed by atoms with Crippen LogP contribution in [-0.4, -0.2) is 42.9 Å². The van der Waals surface area contributed by atoms with Gasteiger partial charge < -0.3 is 20.0 Å². The van der Waals surface area contributed by atoms with Crippen LogP contribution in [0.1, 0.15) is 42.5 Å². The third-order valence-electron chi connectivity index (χ3n) is 4.49. The average Bonchev–Trinajstić information content (AvgIpc) is 2.69. The number of methoxy groups -OCH3 is 1. The molecule has 0 atom stereocenters. The summed E-state index contributed by atoms with van der Waals surface area (Å²) in [5.74, 6) is -0.375. The van der Waals surface area contributed by atoms with Gasteiger partial charge in [-0.15, -0.1) is 11.8 Å². The number of carboxylic acids is 1. The van der Waals surface area contributed by atoms with E-state index in [2.05, 4.69) is 4.74 Å². The lowest BCUT2D eigenvalue weighted by molar-refractivity contribution is -0.152. The number of aryl methyl sites for hydroxylation is 3. The summed E-state index contributed by atoms with van der Waals surface area (Å²) < 4.78 is 10.0. The second-order valence-electron chi connectivity index (χ2n) is 7.59. The minimum Gasteiger partial charge on any atom is -0.478 e. The lowest BCUT2D eigenvalue weighted by atomic mass is 9.98. The molecule has 0 bridgehead atoms. The Morgan fingerprint density at radius 1 is 1.10 bits per heavy atom. The molecule has 0 heterocycles. The number of hydrogen-bond acceptors (Lipinski definition) is 5. The normalized spacial score (nSPS) is 10.8. The van der Waals surface area contributed by atoms with Gasteiger partial charge in [-0.2, -0.15) is 0 Å². The van der Waals surface area contributed by atoms with Crippen molar-refractivity contribution >= 4 is 23.4 Å². The average molecular weight is 432 g/mol. The maximum Gasteiger partial charge on any atom is 0.347 e. The molecule has 30 heavy (non-hydrogen) atoms. The molecule has 0 saturated heterocycles. The van der Waals surface area contributed by atoms with Crippen LogP contribution in [0.5, 0.6) is 5.75 Å². The van der Waals surface area contributed by atoms with Crippen molar-refractivity contribution in [2.24, 2.45) is 0 Å². The SMILES string of the molecule is COC.CSc1ccc(C(=N)CCc2cc(C)c(OC(C)(C)C(=O)O)c(C)c2)cc1. The van der Waals surface area contributed by atoms with Gasteiger partial charge in [-0.3, -0.25) is 0 Å². The molecule has 0 radical (unpaired) electrons. The number of hydrogen-bond donors (Lipinski definition) is 2. The van der Waals surface area contributed by atoms with E-state index in [1.807, 2.05) is 56.5 Å². The Balaban J connectivity index is 0.00000141. The van der Waals surface area contributed by atoms with Gasteiger partial charge in [0.2, 0.25) is 0 Å². The number of nitrogens with one attached hydrogen (secondary N) is 1. The zero-order valence-electron chi connectivity index (χ0n) is 19.0. The third-order valence-corrected chi connectivity index (χ3v) is 5.24. The van der Waals surface area contributed by atoms with Gasteiger partial charge in [-0.1, -0.05) is 24.3 Å². The van der Waals surface area contributed by atoms with Gasteiger partial charge in [0.25, 0.3) is 0 Å². The summed E-state index contributed by atoms with van der Waals surface area (Å²) in [5.41, 5.74) is 3.23. The molecule has 0 amide bonds. The van der Waals surface area contributed by atoms with Crippen molar-refractivity contribution in [3.8, 4) is 5.75 Å². The molecule has 2 rings (SSSR count). The fourth-order valence-corrected chi connectivity index (χ4v) is 3.26. The first kappa shape index (κ1) is 25.7. The van der Waals surface area contributed by atoms with E-state index in [-0.39, 0.29) is 0 Å². The highest BCUT2D eigenvalue weighted by Crippen LogP contribution is 2.29. The molecule has 0 aliphatic rings. The molecule has 0 fully saturated rings. The Bertz CT molecular complexity index is 837. The van der Waals surface area contributed by atoms with Crippen LogP contribution < -0.4 is 4.74 Å². The topological polar surface area (TPSA) is 79.6 Å². The molecular weight excluding hydrogens is 398 g/mol. The summed E-state index contributed by atoms with van der Waals surface area (Å²) in [5, 5.41) is 17.6. The Labute approximate surface area is 184 Å². The van der Waals surface area contributed by atoms with Crippen LogP contribution in [0.2, 0.25) is 0 Å². The minimum atomic E-state index is -1.28. The molecule has 0 aromatic heterocycles. The summed E-state index contributed by atoms with van der Waals surface area (Å²) in [7, 11) is 3.25. The van der Waals surface area contributed by atoms with Crippen LogP contribution in [0.15, 0.2) is 41.3 Å². The Hall–Kier alpha value is -2.31.